The molecule has 0 fully saturated rings. The second kappa shape index (κ2) is 8.31. The zero-order valence-corrected chi connectivity index (χ0v) is 17.6. The molecule has 1 N–H and O–H groups in total. The number of hydrogen-bond acceptors (Lipinski definition) is 5. The molecule has 0 saturated heterocycles. The second-order valence-electron chi connectivity index (χ2n) is 7.76. The Morgan fingerprint density at radius 2 is 1.70 bits per heavy atom. The van der Waals surface area contributed by atoms with Crippen LogP contribution in [-0.4, -0.2) is 31.3 Å². The summed E-state index contributed by atoms with van der Waals surface area (Å²) in [5.41, 5.74) is 1.14. The number of carboxylic acid groups (broad SMARTS) is 1. The molecule has 0 aromatic heterocycles. The van der Waals surface area contributed by atoms with Crippen LogP contribution in [0.15, 0.2) is 60.2 Å². The first-order valence-electron chi connectivity index (χ1n) is 9.36. The predicted molar refractivity (Wildman–Crippen MR) is 113 cm³/mol. The van der Waals surface area contributed by atoms with Crippen molar-refractivity contribution in [1.82, 2.24) is 0 Å². The molecular weight excluding hydrogens is 406 g/mol. The summed E-state index contributed by atoms with van der Waals surface area (Å²) in [5.74, 6) is -0.987. The molecule has 0 saturated carbocycles. The predicted octanol–water partition coefficient (Wildman–Crippen LogP) is 4.06. The highest BCUT2D eigenvalue weighted by atomic mass is 32.2. The maximum absolute atomic E-state index is 13.0. The first kappa shape index (κ1) is 21.6. The van der Waals surface area contributed by atoms with Gasteiger partial charge in [0.15, 0.2) is 0 Å². The third kappa shape index (κ3) is 4.54. The van der Waals surface area contributed by atoms with Crippen molar-refractivity contribution in [3.8, 4) is 0 Å². The molecule has 8 heteroatoms. The molecule has 1 aliphatic heterocycles. The van der Waals surface area contributed by atoms with Crippen molar-refractivity contribution in [3.63, 3.8) is 0 Å². The monoisotopic (exact) mass is 429 g/mol. The minimum Gasteiger partial charge on any atom is -0.481 e. The Kier molecular flexibility index (Phi) is 5.98. The van der Waals surface area contributed by atoms with Gasteiger partial charge in [-0.05, 0) is 43.0 Å². The van der Waals surface area contributed by atoms with Crippen LogP contribution in [0.5, 0.6) is 0 Å². The van der Waals surface area contributed by atoms with Crippen LogP contribution in [0.1, 0.15) is 31.4 Å². The lowest BCUT2D eigenvalue weighted by Crippen LogP contribution is -2.40. The van der Waals surface area contributed by atoms with E-state index in [1.165, 1.54) is 0 Å². The highest BCUT2D eigenvalue weighted by Gasteiger charge is 2.37. The molecular formula is C22H23NO6S. The molecule has 7 nitrogen and oxygen atoms in total. The van der Waals surface area contributed by atoms with E-state index < -0.39 is 26.7 Å². The molecule has 1 heterocycles. The Morgan fingerprint density at radius 3 is 2.37 bits per heavy atom. The maximum Gasteiger partial charge on any atom is 0.445 e. The van der Waals surface area contributed by atoms with Crippen LogP contribution >= 0.6 is 0 Å². The van der Waals surface area contributed by atoms with Gasteiger partial charge < -0.3 is 9.84 Å². The van der Waals surface area contributed by atoms with E-state index in [0.29, 0.717) is 22.4 Å². The molecule has 3 rings (SSSR count). The molecule has 0 atom stereocenters. The minimum atomic E-state index is -4.47. The number of fused-ring (bicyclic) bond motifs is 1. The number of carboxylic acids is 1. The Labute approximate surface area is 175 Å². The molecule has 158 valence electrons. The van der Waals surface area contributed by atoms with Crippen molar-refractivity contribution >= 4 is 33.1 Å². The van der Waals surface area contributed by atoms with E-state index in [0.717, 1.165) is 4.31 Å². The largest absolute Gasteiger partial charge is 0.481 e. The fourth-order valence-corrected chi connectivity index (χ4v) is 4.37. The zero-order chi connectivity index (χ0) is 21.9. The summed E-state index contributed by atoms with van der Waals surface area (Å²) < 4.78 is 32.1. The van der Waals surface area contributed by atoms with Crippen molar-refractivity contribution in [2.24, 2.45) is 5.41 Å². The van der Waals surface area contributed by atoms with Gasteiger partial charge in [0.2, 0.25) is 0 Å². The third-order valence-corrected chi connectivity index (χ3v) is 6.31. The number of nitrogens with zero attached hydrogens (tertiary/aromatic N) is 1. The van der Waals surface area contributed by atoms with E-state index in [4.69, 9.17) is 4.74 Å². The van der Waals surface area contributed by atoms with E-state index >= 15 is 0 Å². The zero-order valence-electron chi connectivity index (χ0n) is 16.7. The van der Waals surface area contributed by atoms with E-state index in [1.807, 2.05) is 0 Å². The standard InChI is InChI=1S/C22H23NO6S/c1-22(2,20(24)25)13-17-12-18-10-6-7-11-19(18)23(14-17)30(27,28)21(26)29-15-16-8-4-3-5-9-16/h3-12H,13-15H2,1-2H3,(H,24,25). The fourth-order valence-electron chi connectivity index (χ4n) is 3.22. The lowest BCUT2D eigenvalue weighted by atomic mass is 9.84. The van der Waals surface area contributed by atoms with Gasteiger partial charge in [0.1, 0.15) is 6.61 Å². The lowest BCUT2D eigenvalue weighted by molar-refractivity contribution is -0.146. The summed E-state index contributed by atoms with van der Waals surface area (Å²) >= 11 is 0. The smallest absolute Gasteiger partial charge is 0.445 e. The van der Waals surface area contributed by atoms with Crippen LogP contribution in [0.3, 0.4) is 0 Å². The van der Waals surface area contributed by atoms with Crippen molar-refractivity contribution < 1.29 is 27.9 Å². The van der Waals surface area contributed by atoms with Crippen molar-refractivity contribution in [2.75, 3.05) is 10.8 Å². The molecule has 0 aliphatic carbocycles. The second-order valence-corrected chi connectivity index (χ2v) is 9.49. The molecule has 2 aromatic rings. The van der Waals surface area contributed by atoms with E-state index in [9.17, 15) is 23.1 Å². The van der Waals surface area contributed by atoms with Crippen molar-refractivity contribution in [3.05, 3.63) is 71.3 Å². The first-order valence-corrected chi connectivity index (χ1v) is 10.8. The molecule has 0 amide bonds. The van der Waals surface area contributed by atoms with Gasteiger partial charge in [0.05, 0.1) is 17.6 Å². The number of aliphatic carboxylic acids is 1. The summed E-state index contributed by atoms with van der Waals surface area (Å²) in [7, 11) is -4.47. The third-order valence-electron chi connectivity index (χ3n) is 4.86. The van der Waals surface area contributed by atoms with E-state index in [1.54, 1.807) is 74.5 Å². The van der Waals surface area contributed by atoms with Crippen LogP contribution in [0.4, 0.5) is 10.5 Å². The Bertz CT molecular complexity index is 1090. The van der Waals surface area contributed by atoms with Gasteiger partial charge in [-0.1, -0.05) is 54.6 Å². The Balaban J connectivity index is 1.87. The van der Waals surface area contributed by atoms with Crippen LogP contribution in [-0.2, 0) is 26.2 Å². The number of hydrogen-bond donors (Lipinski definition) is 1. The molecule has 30 heavy (non-hydrogen) atoms. The Hall–Kier alpha value is -3.13. The molecule has 1 aliphatic rings. The maximum atomic E-state index is 13.0. The number of para-hydroxylation sites is 1. The number of benzene rings is 2. The SMILES string of the molecule is CC(C)(CC1=Cc2ccccc2N(S(=O)(=O)C(=O)OCc2ccccc2)C1)C(=O)O. The minimum absolute atomic E-state index is 0.115. The van der Waals surface area contributed by atoms with Crippen LogP contribution < -0.4 is 4.31 Å². The molecule has 0 radical (unpaired) electrons. The highest BCUT2D eigenvalue weighted by molar-refractivity contribution is 8.06. The fraction of sp³-hybridized carbons (Fsp3) is 0.273. The van der Waals surface area contributed by atoms with E-state index in [-0.39, 0.29) is 19.6 Å². The molecule has 0 bridgehead atoms. The van der Waals surface area contributed by atoms with Gasteiger partial charge >= 0.3 is 21.3 Å². The van der Waals surface area contributed by atoms with Crippen LogP contribution in [0, 0.1) is 5.41 Å². The first-order chi connectivity index (χ1) is 14.1. The summed E-state index contributed by atoms with van der Waals surface area (Å²) in [4.78, 5) is 24.0. The van der Waals surface area contributed by atoms with E-state index in [2.05, 4.69) is 0 Å². The molecule has 0 spiro atoms. The summed E-state index contributed by atoms with van der Waals surface area (Å²) in [5, 5.41) is 8.08. The van der Waals surface area contributed by atoms with Gasteiger partial charge in [-0.25, -0.2) is 4.79 Å². The summed E-state index contributed by atoms with van der Waals surface area (Å²) in [6, 6.07) is 15.5. The van der Waals surface area contributed by atoms with Gasteiger partial charge in [-0.15, -0.1) is 0 Å². The van der Waals surface area contributed by atoms with Crippen molar-refractivity contribution in [2.45, 2.75) is 26.9 Å². The number of carbonyl (C=O) groups is 2. The molecule has 0 unspecified atom stereocenters. The van der Waals surface area contributed by atoms with Crippen LogP contribution in [0.2, 0.25) is 0 Å². The van der Waals surface area contributed by atoms with Gasteiger partial charge in [0, 0.05) is 0 Å². The normalized spacial score (nSPS) is 13.9. The average molecular weight is 429 g/mol. The lowest BCUT2D eigenvalue weighted by Gasteiger charge is -2.31. The van der Waals surface area contributed by atoms with Gasteiger partial charge in [-0.2, -0.15) is 8.42 Å². The number of anilines is 1. The summed E-state index contributed by atoms with van der Waals surface area (Å²) in [6.07, 6.45) is 1.92. The van der Waals surface area contributed by atoms with Crippen LogP contribution in [0.25, 0.3) is 6.08 Å². The number of sulfonamides is 1. The quantitative estimate of drug-likeness (QED) is 0.695. The summed E-state index contributed by atoms with van der Waals surface area (Å²) in [6.45, 7) is 2.87. The average Bonchev–Trinajstić information content (AvgIpc) is 2.71. The number of rotatable bonds is 6. The Morgan fingerprint density at radius 1 is 1.07 bits per heavy atom. The number of carbonyl (C=O) groups excluding carboxylic acids is 1. The number of ether oxygens (including phenoxy) is 1. The van der Waals surface area contributed by atoms with Gasteiger partial charge in [-0.3, -0.25) is 9.10 Å². The van der Waals surface area contributed by atoms with Crippen molar-refractivity contribution in [1.29, 1.82) is 0 Å². The topological polar surface area (TPSA) is 101 Å². The highest BCUT2D eigenvalue weighted by Crippen LogP contribution is 2.36. The molecule has 2 aromatic carbocycles. The van der Waals surface area contributed by atoms with Gasteiger partial charge in [0.25, 0.3) is 0 Å².